The fourth-order valence-corrected chi connectivity index (χ4v) is 0.699. The van der Waals surface area contributed by atoms with Crippen LogP contribution in [0.4, 0.5) is 0 Å². The summed E-state index contributed by atoms with van der Waals surface area (Å²) >= 11 is 0. The third-order valence-corrected chi connectivity index (χ3v) is 1.19. The molecule has 0 spiro atoms. The predicted molar refractivity (Wildman–Crippen MR) is 39.8 cm³/mol. The highest BCUT2D eigenvalue weighted by molar-refractivity contribution is 6.08. The lowest BCUT2D eigenvalue weighted by molar-refractivity contribution is 0.105. The van der Waals surface area contributed by atoms with Crippen molar-refractivity contribution >= 4 is 5.78 Å². The van der Waals surface area contributed by atoms with Crippen LogP contribution < -0.4 is 0 Å². The Bertz CT molecular complexity index is 308. The van der Waals surface area contributed by atoms with E-state index in [1.54, 1.807) is 30.3 Å². The van der Waals surface area contributed by atoms with E-state index in [1.807, 2.05) is 6.07 Å². The van der Waals surface area contributed by atoms with Gasteiger partial charge in [0.15, 0.2) is 0 Å². The number of benzene rings is 1. The first-order valence-electron chi connectivity index (χ1n) is 3.04. The molecule has 0 amide bonds. The molecule has 0 radical (unpaired) electrons. The van der Waals surface area contributed by atoms with Crippen molar-refractivity contribution in [2.45, 2.75) is 0 Å². The van der Waals surface area contributed by atoms with Gasteiger partial charge >= 0.3 is 11.9 Å². The molecular formula is C8H6NO2+. The number of Topliss-reactive ketones (excluding diaryl/α,β-unsaturated/α-hetero) is 1. The van der Waals surface area contributed by atoms with Crippen LogP contribution in [0.25, 0.3) is 5.01 Å². The van der Waals surface area contributed by atoms with Crippen molar-refractivity contribution in [3.63, 3.8) is 0 Å². The van der Waals surface area contributed by atoms with Crippen LogP contribution in [-0.4, -0.2) is 11.0 Å². The SMILES string of the molecule is O=C(C#[N+]O)c1ccccc1. The number of nitrogens with zero attached hydrogens (tertiary/aromatic N) is 1. The van der Waals surface area contributed by atoms with Gasteiger partial charge < -0.3 is 0 Å². The normalized spacial score (nSPS) is 8.00. The molecule has 0 aliphatic heterocycles. The van der Waals surface area contributed by atoms with E-state index in [-0.39, 0.29) is 0 Å². The van der Waals surface area contributed by atoms with E-state index >= 15 is 0 Å². The number of rotatable bonds is 1. The zero-order chi connectivity index (χ0) is 8.10. The molecule has 3 nitrogen and oxygen atoms in total. The Labute approximate surface area is 63.7 Å². The maximum atomic E-state index is 10.9. The summed E-state index contributed by atoms with van der Waals surface area (Å²) in [6.07, 6.45) is 0. The summed E-state index contributed by atoms with van der Waals surface area (Å²) in [6.45, 7) is 0. The van der Waals surface area contributed by atoms with E-state index in [9.17, 15) is 4.79 Å². The van der Waals surface area contributed by atoms with Crippen LogP contribution in [-0.2, 0) is 0 Å². The van der Waals surface area contributed by atoms with Gasteiger partial charge in [0.25, 0.3) is 0 Å². The summed E-state index contributed by atoms with van der Waals surface area (Å²) in [5.74, 6) is -0.423. The zero-order valence-electron chi connectivity index (χ0n) is 5.69. The topological polar surface area (TPSA) is 41.7 Å². The number of carbonyl (C=O) groups excluding carboxylic acids is 1. The Morgan fingerprint density at radius 2 is 2.00 bits per heavy atom. The average Bonchev–Trinajstić information content (AvgIpc) is 2.07. The van der Waals surface area contributed by atoms with Crippen molar-refractivity contribution in [3.05, 3.63) is 40.9 Å². The minimum Gasteiger partial charge on any atom is -0.272 e. The molecule has 0 saturated carbocycles. The fourth-order valence-electron chi connectivity index (χ4n) is 0.699. The molecule has 0 atom stereocenters. The molecule has 0 saturated heterocycles. The first-order chi connectivity index (χ1) is 5.34. The number of hydrogen-bond acceptors (Lipinski definition) is 2. The van der Waals surface area contributed by atoms with Crippen LogP contribution in [0.5, 0.6) is 0 Å². The molecule has 3 heteroatoms. The molecule has 1 aromatic carbocycles. The van der Waals surface area contributed by atoms with Crippen LogP contribution >= 0.6 is 0 Å². The van der Waals surface area contributed by atoms with Gasteiger partial charge in [0, 0.05) is 5.56 Å². The van der Waals surface area contributed by atoms with E-state index < -0.39 is 5.78 Å². The average molecular weight is 148 g/mol. The molecule has 1 N–H and O–H groups in total. The highest BCUT2D eigenvalue weighted by Gasteiger charge is 2.07. The molecule has 54 valence electrons. The number of ketones is 1. The summed E-state index contributed by atoms with van der Waals surface area (Å²) in [5.41, 5.74) is 0.463. The van der Waals surface area contributed by atoms with E-state index in [0.29, 0.717) is 5.56 Å². The summed E-state index contributed by atoms with van der Waals surface area (Å²) in [7, 11) is 0. The van der Waals surface area contributed by atoms with Crippen molar-refractivity contribution in [2.24, 2.45) is 0 Å². The standard InChI is InChI=1S/C8H5NO2/c10-8(6-9-11)7-4-2-1-3-5-7/h1-5H/p+1. The molecule has 0 heterocycles. The van der Waals surface area contributed by atoms with Crippen LogP contribution in [0.3, 0.4) is 0 Å². The number of hydrogen-bond donors (Lipinski definition) is 1. The van der Waals surface area contributed by atoms with Crippen LogP contribution in [0.2, 0.25) is 0 Å². The zero-order valence-corrected chi connectivity index (χ0v) is 5.69. The lowest BCUT2D eigenvalue weighted by atomic mass is 10.1. The Morgan fingerprint density at radius 3 is 2.55 bits per heavy atom. The molecule has 0 aliphatic carbocycles. The summed E-state index contributed by atoms with van der Waals surface area (Å²) in [6, 6.07) is 10.4. The van der Waals surface area contributed by atoms with Crippen molar-refractivity contribution in [2.75, 3.05) is 0 Å². The first-order valence-corrected chi connectivity index (χ1v) is 3.04. The lowest BCUT2D eigenvalue weighted by Gasteiger charge is -1.85. The van der Waals surface area contributed by atoms with E-state index in [0.717, 1.165) is 0 Å². The minimum atomic E-state index is -0.423. The van der Waals surface area contributed by atoms with Crippen LogP contribution in [0, 0.1) is 6.07 Å². The van der Waals surface area contributed by atoms with Crippen molar-refractivity contribution in [3.8, 4) is 6.07 Å². The lowest BCUT2D eigenvalue weighted by Crippen LogP contribution is -1.92. The van der Waals surface area contributed by atoms with Crippen molar-refractivity contribution in [1.29, 1.82) is 0 Å². The summed E-state index contributed by atoms with van der Waals surface area (Å²) < 4.78 is 0. The maximum Gasteiger partial charge on any atom is 0.432 e. The van der Waals surface area contributed by atoms with Gasteiger partial charge in [-0.25, -0.2) is 0 Å². The third-order valence-electron chi connectivity index (χ3n) is 1.19. The molecule has 0 unspecified atom stereocenters. The quantitative estimate of drug-likeness (QED) is 0.373. The summed E-state index contributed by atoms with van der Waals surface area (Å²) in [5, 5.41) is 10.5. The van der Waals surface area contributed by atoms with Gasteiger partial charge in [-0.3, -0.25) is 4.79 Å². The highest BCUT2D eigenvalue weighted by Crippen LogP contribution is 1.98. The monoisotopic (exact) mass is 148 g/mol. The Balaban J connectivity index is 2.92. The molecule has 0 aromatic heterocycles. The second-order valence-electron chi connectivity index (χ2n) is 1.91. The molecule has 1 aromatic rings. The fraction of sp³-hybridized carbons (Fsp3) is 0. The van der Waals surface area contributed by atoms with E-state index in [1.165, 1.54) is 0 Å². The summed E-state index contributed by atoms with van der Waals surface area (Å²) in [4.78, 5) is 10.9. The second kappa shape index (κ2) is 3.37. The number of carbonyl (C=O) groups is 1. The molecule has 0 fully saturated rings. The third kappa shape index (κ3) is 1.80. The largest absolute Gasteiger partial charge is 0.432 e. The smallest absolute Gasteiger partial charge is 0.272 e. The van der Waals surface area contributed by atoms with E-state index in [4.69, 9.17) is 5.21 Å². The Hall–Kier alpha value is -1.82. The van der Waals surface area contributed by atoms with Crippen molar-refractivity contribution < 1.29 is 10.0 Å². The molecule has 1 rings (SSSR count). The molecule has 11 heavy (non-hydrogen) atoms. The van der Waals surface area contributed by atoms with Gasteiger partial charge in [-0.15, -0.1) is 0 Å². The predicted octanol–water partition coefficient (Wildman–Crippen LogP) is 1.59. The van der Waals surface area contributed by atoms with Gasteiger partial charge in [0.05, 0.1) is 0 Å². The van der Waals surface area contributed by atoms with Crippen molar-refractivity contribution in [1.82, 2.24) is 0 Å². The Morgan fingerprint density at radius 1 is 1.36 bits per heavy atom. The molecule has 0 aliphatic rings. The highest BCUT2D eigenvalue weighted by atomic mass is 16.4. The van der Waals surface area contributed by atoms with Gasteiger partial charge in [0.1, 0.15) is 0 Å². The van der Waals surface area contributed by atoms with Gasteiger partial charge in [-0.2, -0.15) is 5.21 Å². The Kier molecular flexibility index (Phi) is 2.24. The van der Waals surface area contributed by atoms with Gasteiger partial charge in [-0.1, -0.05) is 30.3 Å². The maximum absolute atomic E-state index is 10.9. The molecule has 0 bridgehead atoms. The first kappa shape index (κ1) is 7.29. The van der Waals surface area contributed by atoms with Crippen LogP contribution in [0.1, 0.15) is 10.4 Å². The molecular weight excluding hydrogens is 142 g/mol. The van der Waals surface area contributed by atoms with Gasteiger partial charge in [-0.05, 0) is 0 Å². The van der Waals surface area contributed by atoms with Gasteiger partial charge in [0.2, 0.25) is 5.01 Å². The van der Waals surface area contributed by atoms with Crippen LogP contribution in [0.15, 0.2) is 30.3 Å². The van der Waals surface area contributed by atoms with E-state index in [2.05, 4.69) is 5.01 Å². The second-order valence-corrected chi connectivity index (χ2v) is 1.91. The minimum absolute atomic E-state index is 0.423.